The van der Waals surface area contributed by atoms with Crippen LogP contribution >= 0.6 is 0 Å². The zero-order valence-electron chi connectivity index (χ0n) is 13.1. The Morgan fingerprint density at radius 3 is 2.00 bits per heavy atom. The van der Waals surface area contributed by atoms with Gasteiger partial charge >= 0.3 is 18.1 Å². The van der Waals surface area contributed by atoms with Crippen molar-refractivity contribution >= 4 is 0 Å². The van der Waals surface area contributed by atoms with Crippen molar-refractivity contribution in [3.05, 3.63) is 47.7 Å². The van der Waals surface area contributed by atoms with E-state index in [1.807, 2.05) is 0 Å². The Kier molecular flexibility index (Phi) is 4.29. The summed E-state index contributed by atoms with van der Waals surface area (Å²) in [4.78, 5) is 0. The minimum atomic E-state index is -5.04. The first-order chi connectivity index (χ1) is 11.6. The molecular formula is C17H16F6O2. The fourth-order valence-electron chi connectivity index (χ4n) is 3.43. The van der Waals surface area contributed by atoms with Gasteiger partial charge in [0.05, 0.1) is 6.08 Å². The van der Waals surface area contributed by atoms with E-state index < -0.39 is 29.5 Å². The second-order valence-corrected chi connectivity index (χ2v) is 6.29. The lowest BCUT2D eigenvalue weighted by atomic mass is 9.83. The molecule has 3 rings (SSSR count). The Bertz CT molecular complexity index is 643. The number of benzene rings is 1. The Hall–Kier alpha value is -1.70. The molecule has 1 atom stereocenters. The summed E-state index contributed by atoms with van der Waals surface area (Å²) in [5, 5.41) is 0. The van der Waals surface area contributed by atoms with Gasteiger partial charge in [0.25, 0.3) is 0 Å². The summed E-state index contributed by atoms with van der Waals surface area (Å²) >= 11 is 0. The van der Waals surface area contributed by atoms with Gasteiger partial charge < -0.3 is 9.47 Å². The number of hydrogen-bond donors (Lipinski definition) is 0. The number of hydrogen-bond acceptors (Lipinski definition) is 2. The zero-order valence-corrected chi connectivity index (χ0v) is 13.1. The molecule has 1 saturated carbocycles. The SMILES string of the molecule is FC(F)(F)/C=C1/OC(c2ccccc2)(C(F)(F)F)OC12CCCCC2. The van der Waals surface area contributed by atoms with E-state index in [2.05, 4.69) is 0 Å². The Morgan fingerprint density at radius 2 is 1.48 bits per heavy atom. The van der Waals surface area contributed by atoms with Crippen molar-refractivity contribution in [2.45, 2.75) is 55.8 Å². The first-order valence-electron chi connectivity index (χ1n) is 7.90. The van der Waals surface area contributed by atoms with Gasteiger partial charge in [-0.25, -0.2) is 0 Å². The maximum atomic E-state index is 13.9. The van der Waals surface area contributed by atoms with Gasteiger partial charge in [-0.05, 0) is 12.8 Å². The van der Waals surface area contributed by atoms with Gasteiger partial charge in [-0.1, -0.05) is 49.6 Å². The molecule has 1 aromatic rings. The van der Waals surface area contributed by atoms with Crippen LogP contribution in [0, 0.1) is 0 Å². The lowest BCUT2D eigenvalue weighted by Crippen LogP contribution is -2.46. The molecule has 0 radical (unpaired) electrons. The largest absolute Gasteiger partial charge is 0.460 e. The van der Waals surface area contributed by atoms with Gasteiger partial charge in [0, 0.05) is 5.56 Å². The summed E-state index contributed by atoms with van der Waals surface area (Å²) < 4.78 is 90.7. The van der Waals surface area contributed by atoms with E-state index in [-0.39, 0.29) is 24.5 Å². The molecule has 1 spiro atoms. The van der Waals surface area contributed by atoms with Crippen LogP contribution in [0.4, 0.5) is 26.3 Å². The molecular weight excluding hydrogens is 350 g/mol. The number of rotatable bonds is 1. The van der Waals surface area contributed by atoms with Gasteiger partial charge in [-0.3, -0.25) is 0 Å². The molecule has 138 valence electrons. The quantitative estimate of drug-likeness (QED) is 0.603. The smallest absolute Gasteiger partial charge is 0.451 e. The van der Waals surface area contributed by atoms with E-state index in [0.29, 0.717) is 12.8 Å². The van der Waals surface area contributed by atoms with Gasteiger partial charge in [-0.15, -0.1) is 0 Å². The van der Waals surface area contributed by atoms with E-state index in [0.717, 1.165) is 18.6 Å². The third kappa shape index (κ3) is 3.23. The van der Waals surface area contributed by atoms with E-state index in [4.69, 9.17) is 9.47 Å². The average molecular weight is 366 g/mol. The molecule has 1 aliphatic carbocycles. The monoisotopic (exact) mass is 366 g/mol. The number of halogens is 6. The van der Waals surface area contributed by atoms with E-state index in [1.54, 1.807) is 0 Å². The van der Waals surface area contributed by atoms with Gasteiger partial charge in [0.15, 0.2) is 0 Å². The van der Waals surface area contributed by atoms with Crippen molar-refractivity contribution in [3.8, 4) is 0 Å². The summed E-state index contributed by atoms with van der Waals surface area (Å²) in [6.07, 6.45) is -8.26. The van der Waals surface area contributed by atoms with Crippen molar-refractivity contribution < 1.29 is 35.8 Å². The number of alkyl halides is 6. The van der Waals surface area contributed by atoms with Crippen LogP contribution < -0.4 is 0 Å². The molecule has 1 unspecified atom stereocenters. The van der Waals surface area contributed by atoms with Crippen LogP contribution in [0.3, 0.4) is 0 Å². The zero-order chi connectivity index (χ0) is 18.3. The van der Waals surface area contributed by atoms with Crippen LogP contribution in [0.2, 0.25) is 0 Å². The average Bonchev–Trinajstić information content (AvgIpc) is 2.82. The van der Waals surface area contributed by atoms with E-state index in [9.17, 15) is 26.3 Å². The van der Waals surface area contributed by atoms with Gasteiger partial charge in [0.2, 0.25) is 0 Å². The van der Waals surface area contributed by atoms with Crippen LogP contribution in [0.5, 0.6) is 0 Å². The van der Waals surface area contributed by atoms with Crippen LogP contribution in [0.25, 0.3) is 0 Å². The predicted octanol–water partition coefficient (Wildman–Crippen LogP) is 5.60. The van der Waals surface area contributed by atoms with Crippen LogP contribution in [-0.4, -0.2) is 18.0 Å². The molecule has 2 nitrogen and oxygen atoms in total. The summed E-state index contributed by atoms with van der Waals surface area (Å²) in [5.41, 5.74) is -2.09. The minimum Gasteiger partial charge on any atom is -0.451 e. The molecule has 0 N–H and O–H groups in total. The van der Waals surface area contributed by atoms with Crippen molar-refractivity contribution in [1.29, 1.82) is 0 Å². The summed E-state index contributed by atoms with van der Waals surface area (Å²) in [5.74, 6) is -4.02. The fraction of sp³-hybridized carbons (Fsp3) is 0.529. The predicted molar refractivity (Wildman–Crippen MR) is 76.3 cm³/mol. The first kappa shape index (κ1) is 18.1. The van der Waals surface area contributed by atoms with E-state index >= 15 is 0 Å². The molecule has 2 fully saturated rings. The van der Waals surface area contributed by atoms with Gasteiger partial charge in [0.1, 0.15) is 11.4 Å². The molecule has 1 aromatic carbocycles. The summed E-state index contributed by atoms with van der Waals surface area (Å²) in [6, 6.07) is 6.50. The summed E-state index contributed by atoms with van der Waals surface area (Å²) in [6.45, 7) is 0. The Labute approximate surface area is 140 Å². The first-order valence-corrected chi connectivity index (χ1v) is 7.90. The maximum absolute atomic E-state index is 13.9. The standard InChI is InChI=1S/C17H16F6O2/c18-15(19,20)11-13-14(9-5-2-6-10-14)25-16(24-13,17(21,22)23)12-7-3-1-4-8-12/h1,3-4,7-8,11H,2,5-6,9-10H2/b13-11+. The lowest BCUT2D eigenvalue weighted by Gasteiger charge is -2.34. The van der Waals surface area contributed by atoms with Crippen molar-refractivity contribution in [2.75, 3.05) is 0 Å². The molecule has 8 heteroatoms. The lowest BCUT2D eigenvalue weighted by molar-refractivity contribution is -0.363. The Balaban J connectivity index is 2.14. The third-order valence-electron chi connectivity index (χ3n) is 4.52. The molecule has 0 aromatic heterocycles. The van der Waals surface area contributed by atoms with Crippen LogP contribution in [0.1, 0.15) is 37.7 Å². The molecule has 2 aliphatic rings. The third-order valence-corrected chi connectivity index (χ3v) is 4.52. The molecule has 0 amide bonds. The molecule has 0 bridgehead atoms. The second kappa shape index (κ2) is 5.93. The number of ether oxygens (including phenoxy) is 2. The molecule has 1 saturated heterocycles. The highest BCUT2D eigenvalue weighted by Crippen LogP contribution is 2.58. The number of allylic oxidation sites excluding steroid dienone is 1. The van der Waals surface area contributed by atoms with E-state index in [1.165, 1.54) is 18.2 Å². The van der Waals surface area contributed by atoms with Crippen molar-refractivity contribution in [1.82, 2.24) is 0 Å². The second-order valence-electron chi connectivity index (χ2n) is 6.29. The maximum Gasteiger partial charge on any atom is 0.460 e. The molecule has 1 aliphatic heterocycles. The molecule has 1 heterocycles. The Morgan fingerprint density at radius 1 is 0.880 bits per heavy atom. The van der Waals surface area contributed by atoms with Crippen LogP contribution in [-0.2, 0) is 15.3 Å². The van der Waals surface area contributed by atoms with Crippen molar-refractivity contribution in [3.63, 3.8) is 0 Å². The normalized spacial score (nSPS) is 28.3. The highest BCUT2D eigenvalue weighted by molar-refractivity contribution is 5.29. The van der Waals surface area contributed by atoms with Crippen molar-refractivity contribution in [2.24, 2.45) is 0 Å². The highest BCUT2D eigenvalue weighted by atomic mass is 19.4. The van der Waals surface area contributed by atoms with Gasteiger partial charge in [-0.2, -0.15) is 26.3 Å². The fourth-order valence-corrected chi connectivity index (χ4v) is 3.43. The molecule has 25 heavy (non-hydrogen) atoms. The summed E-state index contributed by atoms with van der Waals surface area (Å²) in [7, 11) is 0. The van der Waals surface area contributed by atoms with Crippen LogP contribution in [0.15, 0.2) is 42.2 Å². The topological polar surface area (TPSA) is 18.5 Å². The highest BCUT2D eigenvalue weighted by Gasteiger charge is 2.69. The minimum absolute atomic E-state index is 0.0551.